The third kappa shape index (κ3) is 4.80. The van der Waals surface area contributed by atoms with Gasteiger partial charge in [-0.05, 0) is 43.2 Å². The molecule has 1 amide bonds. The zero-order chi connectivity index (χ0) is 20.1. The fourth-order valence-electron chi connectivity index (χ4n) is 2.76. The van der Waals surface area contributed by atoms with Crippen molar-refractivity contribution in [3.8, 4) is 10.6 Å². The quantitative estimate of drug-likeness (QED) is 0.632. The number of hydrogen-bond acceptors (Lipinski definition) is 4. The lowest BCUT2D eigenvalue weighted by Crippen LogP contribution is -2.34. The van der Waals surface area contributed by atoms with Gasteiger partial charge in [0, 0.05) is 12.1 Å². The molecule has 28 heavy (non-hydrogen) atoms. The van der Waals surface area contributed by atoms with Crippen molar-refractivity contribution in [1.29, 1.82) is 0 Å². The normalized spacial score (nSPS) is 11.8. The second-order valence-electron chi connectivity index (χ2n) is 6.38. The zero-order valence-corrected chi connectivity index (χ0v) is 16.0. The van der Waals surface area contributed by atoms with Crippen LogP contribution in [0.3, 0.4) is 0 Å². The van der Waals surface area contributed by atoms with Crippen LogP contribution in [0.4, 0.5) is 4.39 Å². The molecule has 2 aromatic carbocycles. The lowest BCUT2D eigenvalue weighted by molar-refractivity contribution is -0.141. The minimum absolute atomic E-state index is 0.0201. The number of nitrogens with zero attached hydrogens (tertiary/aromatic N) is 1. The molecule has 0 spiro atoms. The Kier molecular flexibility index (Phi) is 6.16. The molecule has 2 N–H and O–H groups in total. The second kappa shape index (κ2) is 8.75. The van der Waals surface area contributed by atoms with Gasteiger partial charge in [-0.15, -0.1) is 11.3 Å². The maximum Gasteiger partial charge on any atom is 0.308 e. The standard InChI is InChI=1S/C21H19FN2O3S/c1-13-18(28-20(24-13)15-7-9-17(22)10-8-15)19(25)23-12-16(21(26)27)11-14-5-3-2-4-6-14/h2-10,16H,11-12H2,1H3,(H,23,25)(H,26,27)/t16-/m0/s1. The number of thiazole rings is 1. The van der Waals surface area contributed by atoms with Crippen molar-refractivity contribution in [3.05, 3.63) is 76.5 Å². The van der Waals surface area contributed by atoms with Crippen LogP contribution >= 0.6 is 11.3 Å². The first-order chi connectivity index (χ1) is 13.4. The van der Waals surface area contributed by atoms with Crippen molar-refractivity contribution >= 4 is 23.2 Å². The number of hydrogen-bond donors (Lipinski definition) is 2. The van der Waals surface area contributed by atoms with Gasteiger partial charge in [0.25, 0.3) is 5.91 Å². The van der Waals surface area contributed by atoms with Crippen molar-refractivity contribution in [3.63, 3.8) is 0 Å². The van der Waals surface area contributed by atoms with Crippen molar-refractivity contribution in [2.45, 2.75) is 13.3 Å². The average Bonchev–Trinajstić information content (AvgIpc) is 3.07. The van der Waals surface area contributed by atoms with Crippen LogP contribution in [0, 0.1) is 18.7 Å². The Bertz CT molecular complexity index is 971. The molecule has 3 aromatic rings. The molecule has 0 aliphatic carbocycles. The van der Waals surface area contributed by atoms with Crippen molar-refractivity contribution in [2.75, 3.05) is 6.54 Å². The van der Waals surface area contributed by atoms with E-state index >= 15 is 0 Å². The van der Waals surface area contributed by atoms with Crippen LogP contribution in [0.5, 0.6) is 0 Å². The number of halogens is 1. The van der Waals surface area contributed by atoms with E-state index in [4.69, 9.17) is 0 Å². The first-order valence-electron chi connectivity index (χ1n) is 8.72. The number of benzene rings is 2. The minimum Gasteiger partial charge on any atom is -0.481 e. The number of nitrogens with one attached hydrogen (secondary N) is 1. The molecule has 0 aliphatic rings. The van der Waals surface area contributed by atoms with Crippen LogP contribution in [-0.2, 0) is 11.2 Å². The molecule has 1 atom stereocenters. The van der Waals surface area contributed by atoms with Gasteiger partial charge >= 0.3 is 5.97 Å². The summed E-state index contributed by atoms with van der Waals surface area (Å²) in [6, 6.07) is 15.2. The molecule has 0 fully saturated rings. The Morgan fingerprint density at radius 2 is 1.82 bits per heavy atom. The average molecular weight is 398 g/mol. The first-order valence-corrected chi connectivity index (χ1v) is 9.54. The molecular formula is C21H19FN2O3S. The molecule has 1 aromatic heterocycles. The molecule has 0 radical (unpaired) electrons. The molecule has 144 valence electrons. The van der Waals surface area contributed by atoms with E-state index in [1.807, 2.05) is 30.3 Å². The van der Waals surface area contributed by atoms with Crippen LogP contribution in [0.2, 0.25) is 0 Å². The summed E-state index contributed by atoms with van der Waals surface area (Å²) >= 11 is 1.20. The highest BCUT2D eigenvalue weighted by molar-refractivity contribution is 7.17. The van der Waals surface area contributed by atoms with Crippen molar-refractivity contribution in [1.82, 2.24) is 10.3 Å². The van der Waals surface area contributed by atoms with Gasteiger partial charge in [-0.1, -0.05) is 30.3 Å². The number of amides is 1. The Hall–Kier alpha value is -3.06. The summed E-state index contributed by atoms with van der Waals surface area (Å²) in [6.45, 7) is 1.74. The van der Waals surface area contributed by atoms with Gasteiger partial charge in [-0.3, -0.25) is 9.59 Å². The molecule has 0 unspecified atom stereocenters. The van der Waals surface area contributed by atoms with E-state index in [0.717, 1.165) is 11.1 Å². The number of aromatic nitrogens is 1. The molecule has 0 saturated carbocycles. The summed E-state index contributed by atoms with van der Waals surface area (Å²) in [5, 5.41) is 12.8. The Labute approximate surface area is 165 Å². The molecular weight excluding hydrogens is 379 g/mol. The van der Waals surface area contributed by atoms with Gasteiger partial charge in [-0.25, -0.2) is 9.37 Å². The molecule has 5 nitrogen and oxygen atoms in total. The van der Waals surface area contributed by atoms with Crippen molar-refractivity contribution in [2.24, 2.45) is 5.92 Å². The number of carbonyl (C=O) groups excluding carboxylic acids is 1. The minimum atomic E-state index is -0.961. The molecule has 7 heteroatoms. The smallest absolute Gasteiger partial charge is 0.308 e. The Balaban J connectivity index is 1.68. The molecule has 0 aliphatic heterocycles. The Morgan fingerprint density at radius 3 is 2.46 bits per heavy atom. The summed E-state index contributed by atoms with van der Waals surface area (Å²) in [6.07, 6.45) is 0.332. The predicted octanol–water partition coefficient (Wildman–Crippen LogP) is 3.93. The number of carbonyl (C=O) groups is 2. The molecule has 1 heterocycles. The van der Waals surface area contributed by atoms with Gasteiger partial charge in [0.05, 0.1) is 11.6 Å². The number of carboxylic acid groups (broad SMARTS) is 1. The fraction of sp³-hybridized carbons (Fsp3) is 0.190. The third-order valence-corrected chi connectivity index (χ3v) is 5.48. The largest absolute Gasteiger partial charge is 0.481 e. The maximum absolute atomic E-state index is 13.1. The van der Waals surface area contributed by atoms with Crippen LogP contribution in [-0.4, -0.2) is 28.5 Å². The van der Waals surface area contributed by atoms with E-state index in [0.29, 0.717) is 22.0 Å². The third-order valence-electron chi connectivity index (χ3n) is 4.28. The van der Waals surface area contributed by atoms with E-state index in [2.05, 4.69) is 10.3 Å². The summed E-state index contributed by atoms with van der Waals surface area (Å²) in [5.74, 6) is -2.39. The van der Waals surface area contributed by atoms with Gasteiger partial charge < -0.3 is 10.4 Å². The van der Waals surface area contributed by atoms with E-state index in [1.165, 1.54) is 23.5 Å². The second-order valence-corrected chi connectivity index (χ2v) is 7.37. The number of rotatable bonds is 7. The van der Waals surface area contributed by atoms with Crippen LogP contribution in [0.1, 0.15) is 20.9 Å². The summed E-state index contributed by atoms with van der Waals surface area (Å²) in [7, 11) is 0. The monoisotopic (exact) mass is 398 g/mol. The van der Waals surface area contributed by atoms with Crippen LogP contribution < -0.4 is 5.32 Å². The fourth-order valence-corrected chi connectivity index (χ4v) is 3.75. The van der Waals surface area contributed by atoms with Crippen LogP contribution in [0.25, 0.3) is 10.6 Å². The lowest BCUT2D eigenvalue weighted by Gasteiger charge is -2.13. The van der Waals surface area contributed by atoms with Crippen molar-refractivity contribution < 1.29 is 19.1 Å². The maximum atomic E-state index is 13.1. The summed E-state index contributed by atoms with van der Waals surface area (Å²) in [5.41, 5.74) is 2.18. The molecule has 3 rings (SSSR count). The summed E-state index contributed by atoms with van der Waals surface area (Å²) < 4.78 is 13.1. The highest BCUT2D eigenvalue weighted by Crippen LogP contribution is 2.28. The Morgan fingerprint density at radius 1 is 1.14 bits per heavy atom. The van der Waals surface area contributed by atoms with Gasteiger partial charge in [0.2, 0.25) is 0 Å². The number of aliphatic carboxylic acids is 1. The topological polar surface area (TPSA) is 79.3 Å². The highest BCUT2D eigenvalue weighted by Gasteiger charge is 2.21. The van der Waals surface area contributed by atoms with E-state index in [-0.39, 0.29) is 18.3 Å². The van der Waals surface area contributed by atoms with Gasteiger partial charge in [-0.2, -0.15) is 0 Å². The van der Waals surface area contributed by atoms with E-state index < -0.39 is 11.9 Å². The SMILES string of the molecule is Cc1nc(-c2ccc(F)cc2)sc1C(=O)NC[C@H](Cc1ccccc1)C(=O)O. The number of aryl methyl sites for hydroxylation is 1. The lowest BCUT2D eigenvalue weighted by atomic mass is 9.99. The highest BCUT2D eigenvalue weighted by atomic mass is 32.1. The zero-order valence-electron chi connectivity index (χ0n) is 15.2. The van der Waals surface area contributed by atoms with Crippen LogP contribution in [0.15, 0.2) is 54.6 Å². The predicted molar refractivity (Wildman–Crippen MR) is 106 cm³/mol. The number of carboxylic acids is 1. The van der Waals surface area contributed by atoms with Gasteiger partial charge in [0.15, 0.2) is 0 Å². The van der Waals surface area contributed by atoms with Gasteiger partial charge in [0.1, 0.15) is 15.7 Å². The molecule has 0 bridgehead atoms. The van der Waals surface area contributed by atoms with E-state index in [9.17, 15) is 19.1 Å². The first kappa shape index (κ1) is 19.7. The summed E-state index contributed by atoms with van der Waals surface area (Å²) in [4.78, 5) is 28.9. The van der Waals surface area contributed by atoms with E-state index in [1.54, 1.807) is 19.1 Å². The molecule has 0 saturated heterocycles.